The van der Waals surface area contributed by atoms with E-state index in [-0.39, 0.29) is 36.5 Å². The number of benzene rings is 2. The molecule has 9 heteroatoms. The molecule has 0 saturated carbocycles. The summed E-state index contributed by atoms with van der Waals surface area (Å²) in [5.74, 6) is 0.0102. The third-order valence-corrected chi connectivity index (χ3v) is 12.0. The molecule has 2 aromatic rings. The minimum absolute atomic E-state index is 0.167. The number of unbranched alkanes of at least 4 members (excludes halogenated alkanes) is 16. The van der Waals surface area contributed by atoms with Crippen LogP contribution in [0, 0.1) is 0 Å². The summed E-state index contributed by atoms with van der Waals surface area (Å²) in [6.07, 6.45) is 47.1. The van der Waals surface area contributed by atoms with E-state index < -0.39 is 0 Å². The van der Waals surface area contributed by atoms with Crippen molar-refractivity contribution in [3.05, 3.63) is 114 Å². The Morgan fingerprint density at radius 2 is 0.786 bits per heavy atom. The summed E-state index contributed by atoms with van der Waals surface area (Å²) in [6.45, 7) is 8.21. The van der Waals surface area contributed by atoms with Crippen LogP contribution in [0.5, 0.6) is 5.75 Å². The Morgan fingerprint density at radius 3 is 1.24 bits per heavy atom. The number of allylic oxidation sites excluding steroid dienone is 8. The highest BCUT2D eigenvalue weighted by atomic mass is 16.5. The van der Waals surface area contributed by atoms with Crippen LogP contribution in [0.2, 0.25) is 0 Å². The van der Waals surface area contributed by atoms with Crippen molar-refractivity contribution in [2.75, 3.05) is 39.4 Å². The number of hydrogen-bond donors (Lipinski definition) is 2. The fraction of sp³-hybridized carbons (Fsp3) is 0.607. The number of carbonyl (C=O) groups excluding carboxylic acids is 4. The molecule has 0 fully saturated rings. The third-order valence-electron chi connectivity index (χ3n) is 12.0. The summed E-state index contributed by atoms with van der Waals surface area (Å²) in [7, 11) is 0. The van der Waals surface area contributed by atoms with E-state index in [2.05, 4.69) is 73.1 Å². The highest BCUT2D eigenvalue weighted by Gasteiger charge is 2.10. The molecule has 0 atom stereocenters. The molecule has 0 bridgehead atoms. The number of carbonyl (C=O) groups is 4. The second-order valence-electron chi connectivity index (χ2n) is 18.6. The maximum Gasteiger partial charge on any atom is 0.311 e. The molecule has 0 aliphatic rings. The smallest absolute Gasteiger partial charge is 0.311 e. The SMILES string of the molecule is CCCCC/C=C\C/C=C\CCCCCCCC(=O)Cc1ccc(CC(=O)OCCCNCCNCCCOC(=O)Cc2ccc(OC(=O)CCCCCCC/C=C\C/C=C\CCCCC)cc2)cc1. The molecule has 0 aromatic heterocycles. The average molecular weight is 967 g/mol. The van der Waals surface area contributed by atoms with Crippen molar-refractivity contribution >= 4 is 23.7 Å². The zero-order valence-corrected chi connectivity index (χ0v) is 43.8. The van der Waals surface area contributed by atoms with Crippen LogP contribution in [0.4, 0.5) is 0 Å². The highest BCUT2D eigenvalue weighted by Crippen LogP contribution is 2.16. The van der Waals surface area contributed by atoms with Crippen molar-refractivity contribution in [2.45, 2.75) is 200 Å². The van der Waals surface area contributed by atoms with Gasteiger partial charge in [-0.25, -0.2) is 0 Å². The lowest BCUT2D eigenvalue weighted by Gasteiger charge is -2.09. The highest BCUT2D eigenvalue weighted by molar-refractivity contribution is 5.81. The van der Waals surface area contributed by atoms with E-state index >= 15 is 0 Å². The van der Waals surface area contributed by atoms with E-state index in [0.29, 0.717) is 44.6 Å². The van der Waals surface area contributed by atoms with Crippen LogP contribution in [0.1, 0.15) is 197 Å². The molecule has 0 saturated heterocycles. The van der Waals surface area contributed by atoms with Gasteiger partial charge in [0.25, 0.3) is 0 Å². The van der Waals surface area contributed by atoms with Gasteiger partial charge in [0.1, 0.15) is 11.5 Å². The Balaban J connectivity index is 1.37. The summed E-state index contributed by atoms with van der Waals surface area (Å²) >= 11 is 0. The van der Waals surface area contributed by atoms with Crippen LogP contribution >= 0.6 is 0 Å². The number of nitrogens with one attached hydrogen (secondary N) is 2. The first-order chi connectivity index (χ1) is 34.4. The third kappa shape index (κ3) is 38.2. The Bertz CT molecular complexity index is 1600. The first kappa shape index (κ1) is 61.5. The quantitative estimate of drug-likeness (QED) is 0.0289. The number of hydrogen-bond acceptors (Lipinski definition) is 9. The molecular formula is C61H94N2O7. The maximum atomic E-state index is 12.5. The number of Topliss-reactive ketones (excluding diaryl/α,β-unsaturated/α-hetero) is 1. The Labute approximate surface area is 425 Å². The van der Waals surface area contributed by atoms with Gasteiger partial charge < -0.3 is 24.8 Å². The van der Waals surface area contributed by atoms with Gasteiger partial charge >= 0.3 is 17.9 Å². The van der Waals surface area contributed by atoms with Gasteiger partial charge in [-0.15, -0.1) is 0 Å². The molecule has 9 nitrogen and oxygen atoms in total. The predicted molar refractivity (Wildman–Crippen MR) is 290 cm³/mol. The zero-order chi connectivity index (χ0) is 50.2. The molecule has 2 aromatic carbocycles. The molecule has 0 amide bonds. The minimum Gasteiger partial charge on any atom is -0.465 e. The second kappa shape index (κ2) is 45.5. The molecule has 0 spiro atoms. The lowest BCUT2D eigenvalue weighted by molar-refractivity contribution is -0.143. The van der Waals surface area contributed by atoms with Crippen molar-refractivity contribution in [1.82, 2.24) is 10.6 Å². The van der Waals surface area contributed by atoms with Crippen LogP contribution in [0.15, 0.2) is 97.1 Å². The van der Waals surface area contributed by atoms with Crippen molar-refractivity contribution in [3.63, 3.8) is 0 Å². The van der Waals surface area contributed by atoms with Gasteiger partial charge in [-0.3, -0.25) is 19.2 Å². The normalized spacial score (nSPS) is 11.7. The number of rotatable bonds is 46. The van der Waals surface area contributed by atoms with E-state index in [0.717, 1.165) is 107 Å². The average Bonchev–Trinajstić information content (AvgIpc) is 3.35. The van der Waals surface area contributed by atoms with Crippen LogP contribution in [-0.4, -0.2) is 63.1 Å². The largest absolute Gasteiger partial charge is 0.465 e. The lowest BCUT2D eigenvalue weighted by Crippen LogP contribution is -2.29. The zero-order valence-electron chi connectivity index (χ0n) is 43.8. The lowest BCUT2D eigenvalue weighted by atomic mass is 10.0. The molecule has 0 aliphatic heterocycles. The van der Waals surface area contributed by atoms with Gasteiger partial charge in [-0.2, -0.15) is 0 Å². The van der Waals surface area contributed by atoms with Gasteiger partial charge in [0, 0.05) is 32.4 Å². The summed E-state index contributed by atoms with van der Waals surface area (Å²) in [6, 6.07) is 14.8. The first-order valence-corrected chi connectivity index (χ1v) is 27.6. The van der Waals surface area contributed by atoms with E-state index in [1.807, 2.05) is 24.3 Å². The van der Waals surface area contributed by atoms with Crippen LogP contribution < -0.4 is 15.4 Å². The molecule has 0 aliphatic carbocycles. The molecule has 0 heterocycles. The predicted octanol–water partition coefficient (Wildman–Crippen LogP) is 14.2. The van der Waals surface area contributed by atoms with Gasteiger partial charge in [-0.1, -0.05) is 163 Å². The number of ether oxygens (including phenoxy) is 3. The van der Waals surface area contributed by atoms with Gasteiger partial charge in [0.05, 0.1) is 26.1 Å². The Hall–Kier alpha value is -4.60. The van der Waals surface area contributed by atoms with Crippen molar-refractivity contribution in [2.24, 2.45) is 0 Å². The second-order valence-corrected chi connectivity index (χ2v) is 18.6. The van der Waals surface area contributed by atoms with Crippen molar-refractivity contribution in [1.29, 1.82) is 0 Å². The van der Waals surface area contributed by atoms with Gasteiger partial charge in [0.15, 0.2) is 0 Å². The molecule has 0 radical (unpaired) electrons. The monoisotopic (exact) mass is 967 g/mol. The van der Waals surface area contributed by atoms with Crippen LogP contribution in [0.25, 0.3) is 0 Å². The summed E-state index contributed by atoms with van der Waals surface area (Å²) < 4.78 is 16.3. The molecular weight excluding hydrogens is 873 g/mol. The molecule has 2 N–H and O–H groups in total. The Kier molecular flexibility index (Phi) is 40.0. The fourth-order valence-electron chi connectivity index (χ4n) is 7.79. The molecule has 2 rings (SSSR count). The Morgan fingerprint density at radius 1 is 0.400 bits per heavy atom. The fourth-order valence-corrected chi connectivity index (χ4v) is 7.79. The van der Waals surface area contributed by atoms with Crippen LogP contribution in [0.3, 0.4) is 0 Å². The summed E-state index contributed by atoms with van der Waals surface area (Å²) in [5, 5.41) is 6.69. The summed E-state index contributed by atoms with van der Waals surface area (Å²) in [4.78, 5) is 49.5. The molecule has 390 valence electrons. The van der Waals surface area contributed by atoms with Gasteiger partial charge in [0.2, 0.25) is 0 Å². The summed E-state index contributed by atoms with van der Waals surface area (Å²) in [5.41, 5.74) is 2.69. The first-order valence-electron chi connectivity index (χ1n) is 27.6. The van der Waals surface area contributed by atoms with Gasteiger partial charge in [-0.05, 0) is 132 Å². The number of ketones is 1. The van der Waals surface area contributed by atoms with E-state index in [1.165, 1.54) is 83.5 Å². The van der Waals surface area contributed by atoms with E-state index in [1.54, 1.807) is 24.3 Å². The van der Waals surface area contributed by atoms with Crippen molar-refractivity contribution in [3.8, 4) is 5.75 Å². The van der Waals surface area contributed by atoms with Crippen molar-refractivity contribution < 1.29 is 33.4 Å². The van der Waals surface area contributed by atoms with Crippen LogP contribution in [-0.2, 0) is 47.9 Å². The number of esters is 3. The standard InChI is InChI=1S/C61H94N2O7/c1-3-5-7-9-11-13-15-17-19-21-23-25-27-29-31-35-57(64)51-54-37-39-55(40-38-54)52-60(66)68-49-33-45-62-47-48-63-46-34-50-69-61(67)53-56-41-43-58(44-42-56)70-59(65)36-32-30-28-26-24-22-20-18-16-14-12-10-8-6-4-2/h11-14,17-20,37-44,62-63H,3-10,15-16,21-36,45-53H2,1-2H3/b13-11-,14-12-,19-17-,20-18-. The van der Waals surface area contributed by atoms with E-state index in [9.17, 15) is 19.2 Å². The maximum absolute atomic E-state index is 12.5. The minimum atomic E-state index is -0.284. The topological polar surface area (TPSA) is 120 Å². The molecule has 70 heavy (non-hydrogen) atoms. The van der Waals surface area contributed by atoms with E-state index in [4.69, 9.17) is 14.2 Å². The molecule has 0 unspecified atom stereocenters.